The highest BCUT2D eigenvalue weighted by Crippen LogP contribution is 2.32. The van der Waals surface area contributed by atoms with Crippen molar-refractivity contribution in [2.45, 2.75) is 26.5 Å². The molecule has 1 heterocycles. The molecule has 0 fully saturated rings. The summed E-state index contributed by atoms with van der Waals surface area (Å²) in [6.45, 7) is 4.14. The molecule has 7 heteroatoms. The molecule has 2 aromatic carbocycles. The maximum absolute atomic E-state index is 12.7. The van der Waals surface area contributed by atoms with Crippen molar-refractivity contribution in [1.82, 2.24) is 15.1 Å². The highest BCUT2D eigenvalue weighted by Gasteiger charge is 2.16. The van der Waals surface area contributed by atoms with Crippen molar-refractivity contribution in [3.8, 4) is 5.75 Å². The van der Waals surface area contributed by atoms with Gasteiger partial charge < -0.3 is 10.1 Å². The summed E-state index contributed by atoms with van der Waals surface area (Å²) in [6, 6.07) is 12.4. The molecule has 1 unspecified atom stereocenters. The maximum Gasteiger partial charge on any atom is 0.251 e. The lowest BCUT2D eigenvalue weighted by Gasteiger charge is -2.14. The van der Waals surface area contributed by atoms with Crippen LogP contribution in [0.4, 0.5) is 0 Å². The molecule has 0 bridgehead atoms. The van der Waals surface area contributed by atoms with E-state index in [1.54, 1.807) is 35.0 Å². The van der Waals surface area contributed by atoms with E-state index < -0.39 is 0 Å². The molecule has 0 saturated carbocycles. The van der Waals surface area contributed by atoms with E-state index in [1.165, 1.54) is 0 Å². The minimum Gasteiger partial charge on any atom is -0.487 e. The van der Waals surface area contributed by atoms with Crippen molar-refractivity contribution in [2.75, 3.05) is 0 Å². The number of ether oxygens (including phenoxy) is 1. The molecule has 0 saturated heterocycles. The van der Waals surface area contributed by atoms with Crippen LogP contribution in [-0.2, 0) is 13.7 Å². The van der Waals surface area contributed by atoms with Gasteiger partial charge in [-0.05, 0) is 43.7 Å². The Labute approximate surface area is 174 Å². The van der Waals surface area contributed by atoms with Crippen molar-refractivity contribution >= 4 is 29.1 Å². The van der Waals surface area contributed by atoms with Gasteiger partial charge in [-0.2, -0.15) is 5.10 Å². The third kappa shape index (κ3) is 4.66. The van der Waals surface area contributed by atoms with Crippen LogP contribution in [-0.4, -0.2) is 15.7 Å². The summed E-state index contributed by atoms with van der Waals surface area (Å²) >= 11 is 12.1. The van der Waals surface area contributed by atoms with Crippen molar-refractivity contribution in [3.05, 3.63) is 81.1 Å². The van der Waals surface area contributed by atoms with Gasteiger partial charge in [-0.15, -0.1) is 0 Å². The van der Waals surface area contributed by atoms with E-state index in [1.807, 2.05) is 39.2 Å². The molecule has 5 nitrogen and oxygen atoms in total. The number of halogens is 2. The Kier molecular flexibility index (Phi) is 6.27. The number of nitrogens with zero attached hydrogens (tertiary/aromatic N) is 2. The predicted octanol–water partition coefficient (Wildman–Crippen LogP) is 5.11. The Morgan fingerprint density at radius 1 is 1.25 bits per heavy atom. The van der Waals surface area contributed by atoms with Crippen molar-refractivity contribution < 1.29 is 9.53 Å². The number of aromatic nitrogens is 2. The van der Waals surface area contributed by atoms with Crippen LogP contribution >= 0.6 is 23.2 Å². The first-order chi connectivity index (χ1) is 13.3. The molecule has 1 aromatic heterocycles. The van der Waals surface area contributed by atoms with Gasteiger partial charge in [0.25, 0.3) is 5.91 Å². The Bertz CT molecular complexity index is 1000. The van der Waals surface area contributed by atoms with Gasteiger partial charge in [-0.3, -0.25) is 9.48 Å². The fraction of sp³-hybridized carbons (Fsp3) is 0.238. The van der Waals surface area contributed by atoms with Gasteiger partial charge in [0.1, 0.15) is 17.4 Å². The summed E-state index contributed by atoms with van der Waals surface area (Å²) in [5.74, 6) is 0.350. The van der Waals surface area contributed by atoms with Crippen LogP contribution < -0.4 is 10.1 Å². The van der Waals surface area contributed by atoms with E-state index in [0.717, 1.165) is 16.8 Å². The van der Waals surface area contributed by atoms with Gasteiger partial charge >= 0.3 is 0 Å². The number of hydrogen-bond donors (Lipinski definition) is 1. The first kappa shape index (κ1) is 20.2. The number of nitrogens with one attached hydrogen (secondary N) is 1. The lowest BCUT2D eigenvalue weighted by Crippen LogP contribution is -2.27. The molecule has 0 aliphatic heterocycles. The number of carbonyl (C=O) groups excluding carboxylic acids is 1. The SMILES string of the molecule is Cc1nn(C)cc1C(C)NC(=O)c1cccc(COc2cccc(Cl)c2Cl)c1. The molecule has 1 amide bonds. The average Bonchev–Trinajstić information content (AvgIpc) is 3.01. The molecule has 3 aromatic rings. The number of benzene rings is 2. The first-order valence-electron chi connectivity index (χ1n) is 8.82. The molecule has 0 spiro atoms. The van der Waals surface area contributed by atoms with Crippen LogP contribution in [0.2, 0.25) is 10.0 Å². The van der Waals surface area contributed by atoms with Crippen LogP contribution in [0.3, 0.4) is 0 Å². The number of rotatable bonds is 6. The van der Waals surface area contributed by atoms with Crippen molar-refractivity contribution in [2.24, 2.45) is 7.05 Å². The largest absolute Gasteiger partial charge is 0.487 e. The molecule has 1 N–H and O–H groups in total. The molecule has 0 aliphatic carbocycles. The molecular weight excluding hydrogens is 397 g/mol. The van der Waals surface area contributed by atoms with Crippen LogP contribution in [0.25, 0.3) is 0 Å². The second-order valence-corrected chi connectivity index (χ2v) is 7.36. The molecular formula is C21H21Cl2N3O2. The van der Waals surface area contributed by atoms with Gasteiger partial charge in [-0.25, -0.2) is 0 Å². The van der Waals surface area contributed by atoms with Gasteiger partial charge in [0.15, 0.2) is 0 Å². The normalized spacial score (nSPS) is 11.9. The Balaban J connectivity index is 1.67. The fourth-order valence-electron chi connectivity index (χ4n) is 2.96. The van der Waals surface area contributed by atoms with Crippen LogP contribution in [0.15, 0.2) is 48.7 Å². The Morgan fingerprint density at radius 3 is 2.71 bits per heavy atom. The summed E-state index contributed by atoms with van der Waals surface area (Å²) in [6.07, 6.45) is 1.92. The average molecular weight is 418 g/mol. The molecule has 0 radical (unpaired) electrons. The minimum atomic E-state index is -0.154. The van der Waals surface area contributed by atoms with Gasteiger partial charge in [0, 0.05) is 24.4 Å². The summed E-state index contributed by atoms with van der Waals surface area (Å²) in [5.41, 5.74) is 3.31. The van der Waals surface area contributed by atoms with Crippen LogP contribution in [0.5, 0.6) is 5.75 Å². The first-order valence-corrected chi connectivity index (χ1v) is 9.57. The molecule has 0 aliphatic rings. The zero-order chi connectivity index (χ0) is 20.3. The van der Waals surface area contributed by atoms with E-state index in [-0.39, 0.29) is 18.6 Å². The standard InChI is InChI=1S/C21H21Cl2N3O2/c1-13(17-11-26(3)25-14(17)2)24-21(27)16-7-4-6-15(10-16)12-28-19-9-5-8-18(22)20(19)23/h4-11,13H,12H2,1-3H3,(H,24,27). The summed E-state index contributed by atoms with van der Waals surface area (Å²) in [7, 11) is 1.86. The van der Waals surface area contributed by atoms with E-state index in [0.29, 0.717) is 21.4 Å². The fourth-order valence-corrected chi connectivity index (χ4v) is 3.31. The highest BCUT2D eigenvalue weighted by molar-refractivity contribution is 6.42. The van der Waals surface area contributed by atoms with Crippen LogP contribution in [0.1, 0.15) is 40.1 Å². The maximum atomic E-state index is 12.7. The van der Waals surface area contributed by atoms with Gasteiger partial charge in [0.2, 0.25) is 0 Å². The number of carbonyl (C=O) groups is 1. The second kappa shape index (κ2) is 8.67. The summed E-state index contributed by atoms with van der Waals surface area (Å²) < 4.78 is 7.49. The number of amides is 1. The van der Waals surface area contributed by atoms with Gasteiger partial charge in [0.05, 0.1) is 16.8 Å². The number of aryl methyl sites for hydroxylation is 2. The van der Waals surface area contributed by atoms with E-state index in [9.17, 15) is 4.79 Å². The Morgan fingerprint density at radius 2 is 2.00 bits per heavy atom. The summed E-state index contributed by atoms with van der Waals surface area (Å²) in [4.78, 5) is 12.7. The lowest BCUT2D eigenvalue weighted by atomic mass is 10.1. The predicted molar refractivity (Wildman–Crippen MR) is 111 cm³/mol. The van der Waals surface area contributed by atoms with E-state index in [4.69, 9.17) is 27.9 Å². The smallest absolute Gasteiger partial charge is 0.251 e. The third-order valence-corrected chi connectivity index (χ3v) is 5.17. The topological polar surface area (TPSA) is 56.2 Å². The zero-order valence-corrected chi connectivity index (χ0v) is 17.4. The van der Waals surface area contributed by atoms with Crippen molar-refractivity contribution in [3.63, 3.8) is 0 Å². The third-order valence-electron chi connectivity index (χ3n) is 4.37. The Hall–Kier alpha value is -2.50. The van der Waals surface area contributed by atoms with Crippen molar-refractivity contribution in [1.29, 1.82) is 0 Å². The lowest BCUT2D eigenvalue weighted by molar-refractivity contribution is 0.0939. The molecule has 3 rings (SSSR count). The number of hydrogen-bond acceptors (Lipinski definition) is 3. The van der Waals surface area contributed by atoms with E-state index in [2.05, 4.69) is 10.4 Å². The summed E-state index contributed by atoms with van der Waals surface area (Å²) in [5, 5.41) is 8.14. The van der Waals surface area contributed by atoms with Crippen LogP contribution in [0, 0.1) is 6.92 Å². The quantitative estimate of drug-likeness (QED) is 0.606. The monoisotopic (exact) mass is 417 g/mol. The molecule has 146 valence electrons. The second-order valence-electron chi connectivity index (χ2n) is 6.58. The minimum absolute atomic E-state index is 0.147. The zero-order valence-electron chi connectivity index (χ0n) is 15.9. The molecule has 1 atom stereocenters. The molecule has 28 heavy (non-hydrogen) atoms. The van der Waals surface area contributed by atoms with E-state index >= 15 is 0 Å². The van der Waals surface area contributed by atoms with Gasteiger partial charge in [-0.1, -0.05) is 41.4 Å². The highest BCUT2D eigenvalue weighted by atomic mass is 35.5.